The summed E-state index contributed by atoms with van der Waals surface area (Å²) in [5, 5.41) is 6.84. The molecule has 0 saturated heterocycles. The largest absolute Gasteiger partial charge is 0.387 e. The summed E-state index contributed by atoms with van der Waals surface area (Å²) in [7, 11) is 3.85. The van der Waals surface area contributed by atoms with Crippen molar-refractivity contribution in [1.82, 2.24) is 4.90 Å². The minimum Gasteiger partial charge on any atom is -0.387 e. The van der Waals surface area contributed by atoms with Gasteiger partial charge >= 0.3 is 0 Å². The van der Waals surface area contributed by atoms with Crippen molar-refractivity contribution in [2.24, 2.45) is 20.0 Å². The molecule has 3 aliphatic rings. The van der Waals surface area contributed by atoms with Crippen LogP contribution in [0.1, 0.15) is 18.1 Å². The highest BCUT2D eigenvalue weighted by atomic mass is 15.4. The molecule has 0 aromatic heterocycles. The molecule has 3 heterocycles. The van der Waals surface area contributed by atoms with Gasteiger partial charge in [-0.2, -0.15) is 9.98 Å². The van der Waals surface area contributed by atoms with Crippen molar-refractivity contribution >= 4 is 69.0 Å². The van der Waals surface area contributed by atoms with Gasteiger partial charge in [-0.15, -0.1) is 0 Å². The van der Waals surface area contributed by atoms with Gasteiger partial charge in [-0.3, -0.25) is 0 Å². The Bertz CT molecular complexity index is 2400. The molecule has 0 spiro atoms. The van der Waals surface area contributed by atoms with Crippen LogP contribution in [0.5, 0.6) is 0 Å². The zero-order valence-corrected chi connectivity index (χ0v) is 31.3. The van der Waals surface area contributed by atoms with E-state index in [-0.39, 0.29) is 0 Å². The van der Waals surface area contributed by atoms with Crippen molar-refractivity contribution in [1.29, 1.82) is 0 Å². The lowest BCUT2D eigenvalue weighted by atomic mass is 10.1. The second-order valence-corrected chi connectivity index (χ2v) is 13.5. The molecule has 0 fully saturated rings. The molecule has 9 nitrogen and oxygen atoms in total. The summed E-state index contributed by atoms with van der Waals surface area (Å²) in [5.41, 5.74) is 10.8. The van der Waals surface area contributed by atoms with E-state index in [1.165, 1.54) is 0 Å². The number of para-hydroxylation sites is 4. The number of nitrogens with zero attached hydrogens (tertiary/aromatic N) is 7. The van der Waals surface area contributed by atoms with Gasteiger partial charge in [-0.1, -0.05) is 72.8 Å². The number of allylic oxidation sites excluding steroid dienone is 2. The van der Waals surface area contributed by atoms with Crippen molar-refractivity contribution in [2.45, 2.75) is 6.92 Å². The lowest BCUT2D eigenvalue weighted by Crippen LogP contribution is -2.42. The Kier molecular flexibility index (Phi) is 9.01. The minimum atomic E-state index is 0.507. The lowest BCUT2D eigenvalue weighted by Gasteiger charge is -2.33. The molecule has 0 amide bonds. The first kappa shape index (κ1) is 34.3. The predicted octanol–water partition coefficient (Wildman–Crippen LogP) is 10.8. The van der Waals surface area contributed by atoms with Crippen LogP contribution >= 0.6 is 0 Å². The summed E-state index contributed by atoms with van der Waals surface area (Å²) in [4.78, 5) is 26.8. The predicted molar refractivity (Wildman–Crippen MR) is 233 cm³/mol. The van der Waals surface area contributed by atoms with E-state index >= 15 is 0 Å². The first-order chi connectivity index (χ1) is 27.6. The number of hydrogen-bond acceptors (Lipinski definition) is 9. The molecule has 0 aliphatic carbocycles. The van der Waals surface area contributed by atoms with Crippen LogP contribution in [-0.2, 0) is 0 Å². The maximum Gasteiger partial charge on any atom is 0.241 e. The summed E-state index contributed by atoms with van der Waals surface area (Å²) >= 11 is 0. The Morgan fingerprint density at radius 1 is 0.446 bits per heavy atom. The van der Waals surface area contributed by atoms with Gasteiger partial charge in [0, 0.05) is 70.7 Å². The summed E-state index contributed by atoms with van der Waals surface area (Å²) in [6.45, 7) is 2.06. The van der Waals surface area contributed by atoms with Crippen molar-refractivity contribution < 1.29 is 0 Å². The number of aliphatic imine (C=N–C) groups is 4. The van der Waals surface area contributed by atoms with Crippen molar-refractivity contribution in [3.05, 3.63) is 192 Å². The van der Waals surface area contributed by atoms with Crippen LogP contribution in [0.3, 0.4) is 0 Å². The quantitative estimate of drug-likeness (QED) is 0.147. The summed E-state index contributed by atoms with van der Waals surface area (Å²) in [6.07, 6.45) is 4.09. The zero-order chi connectivity index (χ0) is 38.0. The van der Waals surface area contributed by atoms with Gasteiger partial charge in [-0.25, -0.2) is 14.9 Å². The zero-order valence-electron chi connectivity index (χ0n) is 31.3. The van der Waals surface area contributed by atoms with Crippen LogP contribution in [-0.4, -0.2) is 42.5 Å². The standard InChI is InChI=1S/C47H39N9/c1-32-28-43-50-45(39-26-24-37(30-41(39)48-2)54(33-16-8-4-9-17-33)34-18-10-5-11-19-34)52-47-53-46(51-44(29-32)56(43)47)40-27-25-38(31-42(40)49-3)55(35-20-12-6-13-21-35)36-22-14-7-15-23-36/h4-31,48-49H,1-3H3. The van der Waals surface area contributed by atoms with E-state index in [9.17, 15) is 0 Å². The molecule has 0 atom stereocenters. The molecule has 0 unspecified atom stereocenters. The van der Waals surface area contributed by atoms with E-state index < -0.39 is 0 Å². The SMILES string of the molecule is CNc1cc(N(c2ccccc2)c2ccccc2)ccc1C1=NC2=CC(C)=CC3=NC(c4ccc(N(c5ccccc5)c5ccccc5)cc4NC)=NC(=N1)N23. The van der Waals surface area contributed by atoms with Gasteiger partial charge in [0.1, 0.15) is 11.7 Å². The van der Waals surface area contributed by atoms with Crippen molar-refractivity contribution in [3.8, 4) is 0 Å². The molecule has 6 aromatic rings. The molecule has 9 heteroatoms. The Hall–Kier alpha value is -7.52. The van der Waals surface area contributed by atoms with Gasteiger partial charge < -0.3 is 20.4 Å². The van der Waals surface area contributed by atoms with E-state index in [4.69, 9.17) is 20.0 Å². The number of guanidine groups is 1. The second-order valence-electron chi connectivity index (χ2n) is 13.5. The smallest absolute Gasteiger partial charge is 0.241 e. The van der Waals surface area contributed by atoms with Crippen LogP contribution in [0, 0.1) is 0 Å². The van der Waals surface area contributed by atoms with E-state index in [0.29, 0.717) is 17.6 Å². The normalized spacial score (nSPS) is 14.2. The Labute approximate surface area is 326 Å². The minimum absolute atomic E-state index is 0.507. The monoisotopic (exact) mass is 729 g/mol. The lowest BCUT2D eigenvalue weighted by molar-refractivity contribution is 0.708. The first-order valence-electron chi connectivity index (χ1n) is 18.6. The average Bonchev–Trinajstić information content (AvgIpc) is 3.25. The third-order valence-electron chi connectivity index (χ3n) is 9.83. The molecular weight excluding hydrogens is 691 g/mol. The van der Waals surface area contributed by atoms with Crippen LogP contribution in [0.4, 0.5) is 45.5 Å². The van der Waals surface area contributed by atoms with Crippen molar-refractivity contribution in [3.63, 3.8) is 0 Å². The maximum absolute atomic E-state index is 5.11. The highest BCUT2D eigenvalue weighted by Crippen LogP contribution is 2.39. The molecule has 272 valence electrons. The number of rotatable bonds is 10. The number of amidine groups is 3. The Morgan fingerprint density at radius 3 is 1.30 bits per heavy atom. The van der Waals surface area contributed by atoms with Gasteiger partial charge in [0.15, 0.2) is 11.7 Å². The molecule has 0 radical (unpaired) electrons. The maximum atomic E-state index is 5.11. The molecule has 3 aliphatic heterocycles. The molecule has 6 aromatic carbocycles. The van der Waals surface area contributed by atoms with E-state index in [2.05, 4.69) is 161 Å². The van der Waals surface area contributed by atoms with E-state index in [0.717, 1.165) is 73.9 Å². The summed E-state index contributed by atoms with van der Waals surface area (Å²) in [5.74, 6) is 3.08. The fourth-order valence-electron chi connectivity index (χ4n) is 7.24. The molecule has 0 saturated carbocycles. The van der Waals surface area contributed by atoms with E-state index in [1.807, 2.05) is 55.4 Å². The summed E-state index contributed by atoms with van der Waals surface area (Å²) in [6, 6.07) is 54.2. The number of anilines is 8. The molecule has 0 bridgehead atoms. The van der Waals surface area contributed by atoms with Gasteiger partial charge in [0.25, 0.3) is 0 Å². The van der Waals surface area contributed by atoms with Gasteiger partial charge in [0.05, 0.1) is 0 Å². The third kappa shape index (κ3) is 6.41. The highest BCUT2D eigenvalue weighted by Gasteiger charge is 2.33. The summed E-state index contributed by atoms with van der Waals surface area (Å²) < 4.78 is 0. The molecule has 56 heavy (non-hydrogen) atoms. The van der Waals surface area contributed by atoms with Crippen molar-refractivity contribution in [2.75, 3.05) is 34.5 Å². The van der Waals surface area contributed by atoms with E-state index in [1.54, 1.807) is 0 Å². The van der Waals surface area contributed by atoms with Gasteiger partial charge in [-0.05, 0) is 110 Å². The highest BCUT2D eigenvalue weighted by molar-refractivity contribution is 6.26. The van der Waals surface area contributed by atoms with Gasteiger partial charge in [0.2, 0.25) is 5.96 Å². The third-order valence-corrected chi connectivity index (χ3v) is 9.83. The number of nitrogens with one attached hydrogen (secondary N) is 2. The Morgan fingerprint density at radius 2 is 0.875 bits per heavy atom. The number of benzene rings is 6. The number of hydrogen-bond donors (Lipinski definition) is 2. The van der Waals surface area contributed by atoms with Crippen LogP contribution in [0.25, 0.3) is 0 Å². The molecule has 9 rings (SSSR count). The van der Waals surface area contributed by atoms with Crippen LogP contribution in [0.15, 0.2) is 201 Å². The topological polar surface area (TPSA) is 83.2 Å². The Balaban J connectivity index is 1.11. The fraction of sp³-hybridized carbons (Fsp3) is 0.0638. The first-order valence-corrected chi connectivity index (χ1v) is 18.6. The fourth-order valence-corrected chi connectivity index (χ4v) is 7.24. The second kappa shape index (κ2) is 14.7. The molecular formula is C47H39N9. The molecule has 2 N–H and O–H groups in total. The average molecular weight is 730 g/mol. The van der Waals surface area contributed by atoms with Crippen LogP contribution in [0.2, 0.25) is 0 Å². The van der Waals surface area contributed by atoms with Crippen LogP contribution < -0.4 is 20.4 Å².